The number of aromatic amines is 1. The number of nitrogens with one attached hydrogen (secondary N) is 3. The van der Waals surface area contributed by atoms with Gasteiger partial charge in [0, 0.05) is 10.6 Å². The van der Waals surface area contributed by atoms with E-state index in [1.165, 1.54) is 24.3 Å². The first-order chi connectivity index (χ1) is 16.9. The van der Waals surface area contributed by atoms with Crippen LogP contribution in [0.2, 0.25) is 5.02 Å². The predicted molar refractivity (Wildman–Crippen MR) is 126 cm³/mol. The number of methoxy groups -OCH3 is 1. The number of benzene rings is 1. The molecule has 2 amide bonds. The molecule has 1 aliphatic heterocycles. The lowest BCUT2D eigenvalue weighted by atomic mass is 10.1. The minimum atomic E-state index is -0.663. The molecule has 0 bridgehead atoms. The van der Waals surface area contributed by atoms with Crippen molar-refractivity contribution in [3.05, 3.63) is 47.6 Å². The van der Waals surface area contributed by atoms with E-state index in [1.807, 2.05) is 0 Å². The largest absolute Gasteiger partial charge is 0.496 e. The maximum absolute atomic E-state index is 13.2. The number of carbonyl (C=O) groups is 2. The molecule has 4 aromatic rings. The van der Waals surface area contributed by atoms with E-state index in [-0.39, 0.29) is 17.6 Å². The molecule has 35 heavy (non-hydrogen) atoms. The summed E-state index contributed by atoms with van der Waals surface area (Å²) in [5.41, 5.74) is 2.25. The molecule has 4 heterocycles. The Morgan fingerprint density at radius 2 is 2.17 bits per heavy atom. The molecule has 5 rings (SSSR count). The zero-order valence-electron chi connectivity index (χ0n) is 18.8. The molecule has 1 atom stereocenters. The van der Waals surface area contributed by atoms with Crippen LogP contribution in [-0.4, -0.2) is 68.1 Å². The van der Waals surface area contributed by atoms with Gasteiger partial charge in [-0.25, -0.2) is 9.97 Å². The Hall–Kier alpha value is -4.03. The first kappa shape index (κ1) is 22.7. The summed E-state index contributed by atoms with van der Waals surface area (Å²) in [6, 6.07) is 4.38. The van der Waals surface area contributed by atoms with Crippen LogP contribution in [0.15, 0.2) is 36.9 Å². The lowest BCUT2D eigenvalue weighted by molar-refractivity contribution is -0.128. The Kier molecular flexibility index (Phi) is 6.05. The molecule has 0 aliphatic carbocycles. The van der Waals surface area contributed by atoms with E-state index in [0.717, 1.165) is 0 Å². The van der Waals surface area contributed by atoms with Gasteiger partial charge in [0.2, 0.25) is 5.91 Å². The van der Waals surface area contributed by atoms with E-state index in [9.17, 15) is 9.59 Å². The summed E-state index contributed by atoms with van der Waals surface area (Å²) in [5, 5.41) is 17.6. The van der Waals surface area contributed by atoms with Crippen molar-refractivity contribution in [3.63, 3.8) is 0 Å². The lowest BCUT2D eigenvalue weighted by Crippen LogP contribution is -2.50. The monoisotopic (exact) mass is 496 g/mol. The number of halogens is 1. The fourth-order valence-corrected chi connectivity index (χ4v) is 3.79. The van der Waals surface area contributed by atoms with E-state index >= 15 is 0 Å². The highest BCUT2D eigenvalue weighted by atomic mass is 35.5. The summed E-state index contributed by atoms with van der Waals surface area (Å²) in [6.07, 6.45) is 4.45. The molecule has 3 aromatic heterocycles. The third-order valence-corrected chi connectivity index (χ3v) is 5.83. The Balaban J connectivity index is 1.52. The van der Waals surface area contributed by atoms with Crippen LogP contribution in [0.1, 0.15) is 23.5 Å². The number of aromatic nitrogens is 6. The van der Waals surface area contributed by atoms with Crippen molar-refractivity contribution < 1.29 is 19.1 Å². The van der Waals surface area contributed by atoms with Gasteiger partial charge in [0.15, 0.2) is 5.69 Å². The van der Waals surface area contributed by atoms with Crippen molar-refractivity contribution in [1.29, 1.82) is 0 Å². The van der Waals surface area contributed by atoms with Gasteiger partial charge in [0.25, 0.3) is 5.91 Å². The Bertz CT molecular complexity index is 1410. The molecule has 0 radical (unpaired) electrons. The standard InChI is InChI=1S/C22H21ClN8O4/c1-11(21(32)26-13-8-35-9-13)31-7-16(18(30-31)14-5-12(23)3-4-17(14)34-2)27-22(33)20-19-15(28-29-20)6-24-10-25-19/h3-7,10-11,13H,8-9H2,1-2H3,(H,26,32)(H,27,33)(H,28,29). The second-order valence-electron chi connectivity index (χ2n) is 7.95. The van der Waals surface area contributed by atoms with Gasteiger partial charge in [-0.15, -0.1) is 0 Å². The highest BCUT2D eigenvalue weighted by Gasteiger charge is 2.27. The quantitative estimate of drug-likeness (QED) is 0.352. The topological polar surface area (TPSA) is 149 Å². The molecule has 180 valence electrons. The predicted octanol–water partition coefficient (Wildman–Crippen LogP) is 2.21. The van der Waals surface area contributed by atoms with Crippen LogP contribution < -0.4 is 15.4 Å². The third-order valence-electron chi connectivity index (χ3n) is 5.60. The summed E-state index contributed by atoms with van der Waals surface area (Å²) in [7, 11) is 1.52. The summed E-state index contributed by atoms with van der Waals surface area (Å²) in [6.45, 7) is 2.67. The summed E-state index contributed by atoms with van der Waals surface area (Å²) < 4.78 is 12.1. The van der Waals surface area contributed by atoms with Gasteiger partial charge in [-0.1, -0.05) is 11.6 Å². The summed E-state index contributed by atoms with van der Waals surface area (Å²) >= 11 is 6.25. The van der Waals surface area contributed by atoms with Crippen molar-refractivity contribution in [2.45, 2.75) is 19.0 Å². The van der Waals surface area contributed by atoms with Gasteiger partial charge >= 0.3 is 0 Å². The minimum Gasteiger partial charge on any atom is -0.496 e. The fourth-order valence-electron chi connectivity index (χ4n) is 3.62. The van der Waals surface area contributed by atoms with Gasteiger partial charge < -0.3 is 20.1 Å². The van der Waals surface area contributed by atoms with Crippen molar-refractivity contribution >= 4 is 40.1 Å². The molecule has 12 nitrogen and oxygen atoms in total. The van der Waals surface area contributed by atoms with E-state index < -0.39 is 11.9 Å². The van der Waals surface area contributed by atoms with E-state index in [0.29, 0.717) is 52.0 Å². The number of carbonyl (C=O) groups excluding carboxylic acids is 2. The van der Waals surface area contributed by atoms with Crippen molar-refractivity contribution in [2.24, 2.45) is 0 Å². The SMILES string of the molecule is COc1ccc(Cl)cc1-c1nn(C(C)C(=O)NC2COC2)cc1NC(=O)c1n[nH]c2cncnc12. The van der Waals surface area contributed by atoms with Gasteiger partial charge in [0.05, 0.1) is 44.4 Å². The number of amides is 2. The fraction of sp³-hybridized carbons (Fsp3) is 0.273. The number of rotatable bonds is 7. The van der Waals surface area contributed by atoms with Crippen LogP contribution in [-0.2, 0) is 9.53 Å². The van der Waals surface area contributed by atoms with E-state index in [1.54, 1.807) is 31.3 Å². The molecule has 1 fully saturated rings. The zero-order valence-corrected chi connectivity index (χ0v) is 19.5. The van der Waals surface area contributed by atoms with E-state index in [4.69, 9.17) is 21.1 Å². The van der Waals surface area contributed by atoms with Crippen LogP contribution in [0.4, 0.5) is 5.69 Å². The smallest absolute Gasteiger partial charge is 0.278 e. The summed E-state index contributed by atoms with van der Waals surface area (Å²) in [5.74, 6) is -0.240. The maximum atomic E-state index is 13.2. The zero-order chi connectivity index (χ0) is 24.5. The van der Waals surface area contributed by atoms with Crippen LogP contribution >= 0.6 is 11.6 Å². The normalized spacial score (nSPS) is 14.4. The molecule has 1 aromatic carbocycles. The van der Waals surface area contributed by atoms with Crippen LogP contribution in [0.3, 0.4) is 0 Å². The molecule has 13 heteroatoms. The Morgan fingerprint density at radius 3 is 2.91 bits per heavy atom. The number of anilines is 1. The minimum absolute atomic E-state index is 0.0258. The number of nitrogens with zero attached hydrogens (tertiary/aromatic N) is 5. The molecular formula is C22H21ClN8O4. The number of H-pyrrole nitrogens is 1. The molecular weight excluding hydrogens is 476 g/mol. The van der Waals surface area contributed by atoms with Crippen molar-refractivity contribution in [1.82, 2.24) is 35.3 Å². The number of fused-ring (bicyclic) bond motifs is 1. The molecule has 0 saturated carbocycles. The van der Waals surface area contributed by atoms with Crippen molar-refractivity contribution in [2.75, 3.05) is 25.6 Å². The number of ether oxygens (including phenoxy) is 2. The second-order valence-corrected chi connectivity index (χ2v) is 8.38. The van der Waals surface area contributed by atoms with E-state index in [2.05, 4.69) is 35.9 Å². The molecule has 1 unspecified atom stereocenters. The van der Waals surface area contributed by atoms with Gasteiger partial charge in [-0.2, -0.15) is 10.2 Å². The van der Waals surface area contributed by atoms with Gasteiger partial charge in [-0.05, 0) is 25.1 Å². The Morgan fingerprint density at radius 1 is 1.34 bits per heavy atom. The lowest BCUT2D eigenvalue weighted by Gasteiger charge is -2.28. The highest BCUT2D eigenvalue weighted by Crippen LogP contribution is 2.36. The number of hydrogen-bond acceptors (Lipinski definition) is 8. The molecule has 1 saturated heterocycles. The first-order valence-electron chi connectivity index (χ1n) is 10.7. The van der Waals surface area contributed by atoms with Crippen LogP contribution in [0.25, 0.3) is 22.3 Å². The third kappa shape index (κ3) is 4.40. The maximum Gasteiger partial charge on any atom is 0.278 e. The molecule has 3 N–H and O–H groups in total. The average Bonchev–Trinajstić information content (AvgIpc) is 3.45. The average molecular weight is 497 g/mol. The van der Waals surface area contributed by atoms with Crippen LogP contribution in [0, 0.1) is 0 Å². The van der Waals surface area contributed by atoms with Gasteiger partial charge in [0.1, 0.15) is 34.8 Å². The van der Waals surface area contributed by atoms with Crippen LogP contribution in [0.5, 0.6) is 5.75 Å². The second kappa shape index (κ2) is 9.31. The Labute approximate surface area is 204 Å². The van der Waals surface area contributed by atoms with Crippen molar-refractivity contribution in [3.8, 4) is 17.0 Å². The molecule has 0 spiro atoms. The highest BCUT2D eigenvalue weighted by molar-refractivity contribution is 6.31. The first-order valence-corrected chi connectivity index (χ1v) is 11.1. The summed E-state index contributed by atoms with van der Waals surface area (Å²) in [4.78, 5) is 34.0. The molecule has 1 aliphatic rings. The number of hydrogen-bond donors (Lipinski definition) is 3. The van der Waals surface area contributed by atoms with Gasteiger partial charge in [-0.3, -0.25) is 19.4 Å².